The van der Waals surface area contributed by atoms with E-state index in [1.54, 1.807) is 12.1 Å². The number of ether oxygens (including phenoxy) is 1. The first-order chi connectivity index (χ1) is 16.4. The molecular formula is C26H28N4O3S. The lowest BCUT2D eigenvalue weighted by Gasteiger charge is -2.32. The second-order valence-electron chi connectivity index (χ2n) is 8.72. The summed E-state index contributed by atoms with van der Waals surface area (Å²) < 4.78 is 32.0. The van der Waals surface area contributed by atoms with Gasteiger partial charge in [-0.3, -0.25) is 0 Å². The van der Waals surface area contributed by atoms with Crippen molar-refractivity contribution >= 4 is 26.7 Å². The first kappa shape index (κ1) is 22.4. The Bertz CT molecular complexity index is 1390. The molecule has 176 valence electrons. The quantitative estimate of drug-likeness (QED) is 0.410. The molecule has 7 nitrogen and oxygen atoms in total. The smallest absolute Gasteiger partial charge is 0.225 e. The van der Waals surface area contributed by atoms with Crippen LogP contribution in [0.2, 0.25) is 0 Å². The molecule has 0 unspecified atom stereocenters. The summed E-state index contributed by atoms with van der Waals surface area (Å²) in [5.41, 5.74) is 3.11. The van der Waals surface area contributed by atoms with Gasteiger partial charge in [0.1, 0.15) is 11.9 Å². The van der Waals surface area contributed by atoms with Crippen molar-refractivity contribution in [2.75, 3.05) is 24.2 Å². The van der Waals surface area contributed by atoms with Crippen LogP contribution in [-0.2, 0) is 16.3 Å². The molecule has 0 aliphatic carbocycles. The van der Waals surface area contributed by atoms with Crippen molar-refractivity contribution in [3.63, 3.8) is 0 Å². The fraction of sp³-hybridized carbons (Fsp3) is 0.308. The zero-order valence-corrected chi connectivity index (χ0v) is 20.2. The van der Waals surface area contributed by atoms with Gasteiger partial charge in [-0.15, -0.1) is 0 Å². The summed E-state index contributed by atoms with van der Waals surface area (Å²) in [6, 6.07) is 15.2. The van der Waals surface area contributed by atoms with Crippen LogP contribution in [0.3, 0.4) is 0 Å². The van der Waals surface area contributed by atoms with Gasteiger partial charge in [-0.25, -0.2) is 18.4 Å². The predicted molar refractivity (Wildman–Crippen MR) is 134 cm³/mol. The maximum atomic E-state index is 11.8. The highest BCUT2D eigenvalue weighted by molar-refractivity contribution is 7.90. The van der Waals surface area contributed by atoms with Crippen LogP contribution in [0, 0.1) is 0 Å². The average Bonchev–Trinajstić information content (AvgIpc) is 3.28. The number of piperidine rings is 1. The molecule has 1 saturated heterocycles. The summed E-state index contributed by atoms with van der Waals surface area (Å²) in [5, 5.41) is 0.892. The van der Waals surface area contributed by atoms with Crippen LogP contribution in [0.25, 0.3) is 16.6 Å². The molecule has 8 heteroatoms. The molecule has 5 rings (SSSR count). The summed E-state index contributed by atoms with van der Waals surface area (Å²) in [5.74, 6) is 1.64. The van der Waals surface area contributed by atoms with Crippen molar-refractivity contribution in [1.82, 2.24) is 14.5 Å². The SMILES string of the molecule is CCc1cnc(N2CCC(Oc3ccc(-n4ccc5cc(S(C)(=O)=O)ccc54)cc3)CC2)nc1. The minimum Gasteiger partial charge on any atom is -0.490 e. The van der Waals surface area contributed by atoms with E-state index in [2.05, 4.69) is 21.8 Å². The van der Waals surface area contributed by atoms with E-state index >= 15 is 0 Å². The zero-order chi connectivity index (χ0) is 23.7. The van der Waals surface area contributed by atoms with E-state index in [1.807, 2.05) is 59.6 Å². The predicted octanol–water partition coefficient (Wildman–Crippen LogP) is 4.43. The van der Waals surface area contributed by atoms with Gasteiger partial charge in [0.05, 0.1) is 10.4 Å². The number of fused-ring (bicyclic) bond motifs is 1. The molecule has 0 spiro atoms. The van der Waals surface area contributed by atoms with Crippen molar-refractivity contribution in [3.8, 4) is 11.4 Å². The number of hydrogen-bond acceptors (Lipinski definition) is 6. The summed E-state index contributed by atoms with van der Waals surface area (Å²) >= 11 is 0. The van der Waals surface area contributed by atoms with Crippen molar-refractivity contribution in [2.24, 2.45) is 0 Å². The van der Waals surface area contributed by atoms with Crippen LogP contribution >= 0.6 is 0 Å². The van der Waals surface area contributed by atoms with Crippen molar-refractivity contribution in [1.29, 1.82) is 0 Å². The van der Waals surface area contributed by atoms with Gasteiger partial charge in [-0.2, -0.15) is 0 Å². The number of benzene rings is 2. The summed E-state index contributed by atoms with van der Waals surface area (Å²) in [6.45, 7) is 3.85. The molecule has 0 atom stereocenters. The highest BCUT2D eigenvalue weighted by Crippen LogP contribution is 2.26. The monoisotopic (exact) mass is 476 g/mol. The zero-order valence-electron chi connectivity index (χ0n) is 19.4. The highest BCUT2D eigenvalue weighted by Gasteiger charge is 2.22. The fourth-order valence-electron chi connectivity index (χ4n) is 4.32. The first-order valence-electron chi connectivity index (χ1n) is 11.5. The lowest BCUT2D eigenvalue weighted by molar-refractivity contribution is 0.170. The number of anilines is 1. The molecule has 3 heterocycles. The van der Waals surface area contributed by atoms with Gasteiger partial charge in [-0.1, -0.05) is 6.92 Å². The lowest BCUT2D eigenvalue weighted by Crippen LogP contribution is -2.39. The Morgan fingerprint density at radius 3 is 2.35 bits per heavy atom. The van der Waals surface area contributed by atoms with Crippen LogP contribution < -0.4 is 9.64 Å². The molecule has 1 fully saturated rings. The Kier molecular flexibility index (Phi) is 6.00. The molecule has 0 radical (unpaired) electrons. The van der Waals surface area contributed by atoms with Gasteiger partial charge in [0.2, 0.25) is 5.95 Å². The topological polar surface area (TPSA) is 77.3 Å². The van der Waals surface area contributed by atoms with Crippen LogP contribution in [0.4, 0.5) is 5.95 Å². The van der Waals surface area contributed by atoms with Crippen LogP contribution in [-0.4, -0.2) is 48.4 Å². The molecule has 4 aromatic rings. The Hall–Kier alpha value is -3.39. The van der Waals surface area contributed by atoms with Crippen molar-refractivity contribution < 1.29 is 13.2 Å². The normalized spacial score (nSPS) is 15.1. The number of aromatic nitrogens is 3. The molecule has 2 aromatic carbocycles. The Morgan fingerprint density at radius 2 is 1.71 bits per heavy atom. The van der Waals surface area contributed by atoms with E-state index in [9.17, 15) is 8.42 Å². The maximum Gasteiger partial charge on any atom is 0.225 e. The second-order valence-corrected chi connectivity index (χ2v) is 10.7. The molecule has 0 amide bonds. The third kappa shape index (κ3) is 4.63. The van der Waals surface area contributed by atoms with Gasteiger partial charge in [-0.05, 0) is 60.5 Å². The molecule has 0 saturated carbocycles. The van der Waals surface area contributed by atoms with Crippen LogP contribution in [0.5, 0.6) is 5.75 Å². The summed E-state index contributed by atoms with van der Waals surface area (Å²) in [7, 11) is -3.23. The van der Waals surface area contributed by atoms with E-state index in [0.717, 1.165) is 66.2 Å². The largest absolute Gasteiger partial charge is 0.490 e. The summed E-state index contributed by atoms with van der Waals surface area (Å²) in [4.78, 5) is 11.5. The average molecular weight is 477 g/mol. The Balaban J connectivity index is 1.23. The van der Waals surface area contributed by atoms with E-state index in [0.29, 0.717) is 4.90 Å². The number of aryl methyl sites for hydroxylation is 1. The van der Waals surface area contributed by atoms with Crippen molar-refractivity contribution in [2.45, 2.75) is 37.2 Å². The Morgan fingerprint density at radius 1 is 1.00 bits per heavy atom. The first-order valence-corrected chi connectivity index (χ1v) is 13.4. The fourth-order valence-corrected chi connectivity index (χ4v) is 4.98. The minimum absolute atomic E-state index is 0.166. The maximum absolute atomic E-state index is 11.8. The van der Waals surface area contributed by atoms with Gasteiger partial charge >= 0.3 is 0 Å². The molecule has 0 N–H and O–H groups in total. The third-order valence-electron chi connectivity index (χ3n) is 6.33. The van der Waals surface area contributed by atoms with Crippen LogP contribution in [0.15, 0.2) is 72.0 Å². The van der Waals surface area contributed by atoms with E-state index < -0.39 is 9.84 Å². The molecule has 2 aromatic heterocycles. The minimum atomic E-state index is -3.23. The summed E-state index contributed by atoms with van der Waals surface area (Å²) in [6.07, 6.45) is 9.95. The molecule has 1 aliphatic heterocycles. The van der Waals surface area contributed by atoms with Gasteiger partial charge in [0.25, 0.3) is 0 Å². The molecule has 34 heavy (non-hydrogen) atoms. The van der Waals surface area contributed by atoms with E-state index in [1.165, 1.54) is 6.26 Å². The Labute approximate surface area is 199 Å². The highest BCUT2D eigenvalue weighted by atomic mass is 32.2. The second kappa shape index (κ2) is 9.10. The number of sulfone groups is 1. The molecule has 1 aliphatic rings. The third-order valence-corrected chi connectivity index (χ3v) is 7.44. The standard InChI is InChI=1S/C26H28N4O3S/c1-3-19-17-27-26(28-18-19)29-13-11-23(12-14-29)33-22-6-4-21(5-7-22)30-15-10-20-16-24(34(2,31)32)8-9-25(20)30/h4-10,15-18,23H,3,11-14H2,1-2H3. The van der Waals surface area contributed by atoms with Gasteiger partial charge in [0.15, 0.2) is 9.84 Å². The number of hydrogen-bond donors (Lipinski definition) is 0. The number of nitrogens with zero attached hydrogens (tertiary/aromatic N) is 4. The van der Waals surface area contributed by atoms with Crippen molar-refractivity contribution in [3.05, 3.63) is 72.7 Å². The lowest BCUT2D eigenvalue weighted by atomic mass is 10.1. The molecule has 0 bridgehead atoms. The molecular weight excluding hydrogens is 448 g/mol. The van der Waals surface area contributed by atoms with Crippen LogP contribution in [0.1, 0.15) is 25.3 Å². The van der Waals surface area contributed by atoms with E-state index in [4.69, 9.17) is 4.74 Å². The van der Waals surface area contributed by atoms with Gasteiger partial charge < -0.3 is 14.2 Å². The van der Waals surface area contributed by atoms with E-state index in [-0.39, 0.29) is 6.10 Å². The van der Waals surface area contributed by atoms with Gasteiger partial charge in [0, 0.05) is 61.9 Å². The number of rotatable bonds is 6.